The van der Waals surface area contributed by atoms with Crippen molar-refractivity contribution in [2.75, 3.05) is 19.8 Å². The number of hydrogen-bond acceptors (Lipinski definition) is 3. The second-order valence-electron chi connectivity index (χ2n) is 6.95. The highest BCUT2D eigenvalue weighted by atomic mass is 127. The predicted octanol–water partition coefficient (Wildman–Crippen LogP) is 3.38. The molecule has 0 aromatic heterocycles. The molecule has 1 fully saturated rings. The molecule has 2 N–H and O–H groups in total. The van der Waals surface area contributed by atoms with Crippen molar-refractivity contribution in [3.8, 4) is 0 Å². The Hall–Kier alpha value is -0.830. The van der Waals surface area contributed by atoms with Gasteiger partial charge in [-0.25, -0.2) is 8.42 Å². The summed E-state index contributed by atoms with van der Waals surface area (Å²) in [7, 11) is -1.32. The zero-order valence-corrected chi connectivity index (χ0v) is 19.1. The van der Waals surface area contributed by atoms with Gasteiger partial charge in [0, 0.05) is 25.9 Å². The maximum absolute atomic E-state index is 11.5. The number of guanidine groups is 1. The molecule has 148 valence electrons. The summed E-state index contributed by atoms with van der Waals surface area (Å²) in [5, 5.41) is 6.91. The van der Waals surface area contributed by atoms with E-state index in [2.05, 4.69) is 22.5 Å². The molecular weight excluding hydrogens is 461 g/mol. The first-order valence-corrected chi connectivity index (χ1v) is 11.1. The molecule has 0 bridgehead atoms. The van der Waals surface area contributed by atoms with Crippen LogP contribution < -0.4 is 10.6 Å². The van der Waals surface area contributed by atoms with Crippen LogP contribution >= 0.6 is 24.0 Å². The van der Waals surface area contributed by atoms with Gasteiger partial charge in [-0.05, 0) is 42.9 Å². The van der Waals surface area contributed by atoms with E-state index < -0.39 is 9.84 Å². The molecule has 1 aromatic rings. The van der Waals surface area contributed by atoms with Crippen LogP contribution in [0.2, 0.25) is 0 Å². The summed E-state index contributed by atoms with van der Waals surface area (Å²) in [6.07, 6.45) is 8.40. The molecule has 26 heavy (non-hydrogen) atoms. The van der Waals surface area contributed by atoms with Crippen LogP contribution in [0.25, 0.3) is 0 Å². The van der Waals surface area contributed by atoms with Crippen LogP contribution in [-0.2, 0) is 16.3 Å². The molecule has 1 aliphatic carbocycles. The Bertz CT molecular complexity index is 675. The topological polar surface area (TPSA) is 70.6 Å². The van der Waals surface area contributed by atoms with Gasteiger partial charge in [0.1, 0.15) is 0 Å². The lowest BCUT2D eigenvalue weighted by Crippen LogP contribution is -2.45. The summed E-state index contributed by atoms with van der Waals surface area (Å²) in [4.78, 5) is 4.69. The Morgan fingerprint density at radius 3 is 2.50 bits per heavy atom. The fourth-order valence-corrected chi connectivity index (χ4v) is 4.04. The third-order valence-electron chi connectivity index (χ3n) is 4.98. The Balaban J connectivity index is 0.00000338. The lowest BCUT2D eigenvalue weighted by atomic mass is 9.84. The third kappa shape index (κ3) is 7.42. The SMILES string of the molecule is CCC1CCCC(NC(=NC)NCCc2ccc(S(C)(=O)=O)cc2)C1.I. The van der Waals surface area contributed by atoms with E-state index in [4.69, 9.17) is 0 Å². The quantitative estimate of drug-likeness (QED) is 0.362. The van der Waals surface area contributed by atoms with E-state index in [0.29, 0.717) is 10.9 Å². The minimum Gasteiger partial charge on any atom is -0.356 e. The highest BCUT2D eigenvalue weighted by Gasteiger charge is 2.21. The molecule has 0 saturated heterocycles. The van der Waals surface area contributed by atoms with Gasteiger partial charge in [-0.15, -0.1) is 24.0 Å². The Labute approximate surface area is 175 Å². The molecule has 5 nitrogen and oxygen atoms in total. The fourth-order valence-electron chi connectivity index (χ4n) is 3.41. The van der Waals surface area contributed by atoms with E-state index in [1.807, 2.05) is 12.1 Å². The fraction of sp³-hybridized carbons (Fsp3) is 0.632. The van der Waals surface area contributed by atoms with Gasteiger partial charge >= 0.3 is 0 Å². The van der Waals surface area contributed by atoms with Gasteiger partial charge < -0.3 is 10.6 Å². The van der Waals surface area contributed by atoms with Crippen molar-refractivity contribution in [3.63, 3.8) is 0 Å². The smallest absolute Gasteiger partial charge is 0.191 e. The van der Waals surface area contributed by atoms with E-state index in [0.717, 1.165) is 30.4 Å². The molecule has 1 saturated carbocycles. The van der Waals surface area contributed by atoms with Gasteiger partial charge in [-0.3, -0.25) is 4.99 Å². The molecule has 1 aromatic carbocycles. The predicted molar refractivity (Wildman–Crippen MR) is 119 cm³/mol. The molecule has 0 spiro atoms. The number of sulfone groups is 1. The first-order valence-electron chi connectivity index (χ1n) is 9.18. The molecule has 2 unspecified atom stereocenters. The van der Waals surface area contributed by atoms with Crippen molar-refractivity contribution >= 4 is 39.8 Å². The standard InChI is InChI=1S/C19H31N3O2S.HI/c1-4-15-6-5-7-17(14-15)22-19(20-2)21-13-12-16-8-10-18(11-9-16)25(3,23)24;/h8-11,15,17H,4-7,12-14H2,1-3H3,(H2,20,21,22);1H. The molecule has 1 aliphatic rings. The molecule has 0 amide bonds. The first kappa shape index (κ1) is 23.2. The second kappa shape index (κ2) is 11.1. The molecule has 7 heteroatoms. The maximum atomic E-state index is 11.5. The second-order valence-corrected chi connectivity index (χ2v) is 8.96. The Morgan fingerprint density at radius 1 is 1.23 bits per heavy atom. The Kier molecular flexibility index (Phi) is 9.92. The van der Waals surface area contributed by atoms with Crippen molar-refractivity contribution in [2.24, 2.45) is 10.9 Å². The number of aliphatic imine (C=N–C) groups is 1. The van der Waals surface area contributed by atoms with Gasteiger partial charge in [-0.2, -0.15) is 0 Å². The molecule has 0 heterocycles. The van der Waals surface area contributed by atoms with Crippen LogP contribution in [-0.4, -0.2) is 40.3 Å². The summed E-state index contributed by atoms with van der Waals surface area (Å²) >= 11 is 0. The summed E-state index contributed by atoms with van der Waals surface area (Å²) in [6.45, 7) is 3.04. The van der Waals surface area contributed by atoms with E-state index in [1.165, 1.54) is 38.4 Å². The van der Waals surface area contributed by atoms with E-state index in [1.54, 1.807) is 19.2 Å². The largest absolute Gasteiger partial charge is 0.356 e. The van der Waals surface area contributed by atoms with Crippen molar-refractivity contribution in [2.45, 2.75) is 56.4 Å². The van der Waals surface area contributed by atoms with Gasteiger partial charge in [0.05, 0.1) is 4.90 Å². The number of rotatable bonds is 6. The van der Waals surface area contributed by atoms with E-state index >= 15 is 0 Å². The zero-order chi connectivity index (χ0) is 18.3. The van der Waals surface area contributed by atoms with Gasteiger partial charge in [-0.1, -0.05) is 38.3 Å². The number of hydrogen-bond donors (Lipinski definition) is 2. The van der Waals surface area contributed by atoms with E-state index in [9.17, 15) is 8.42 Å². The third-order valence-corrected chi connectivity index (χ3v) is 6.11. The number of nitrogens with one attached hydrogen (secondary N) is 2. The van der Waals surface area contributed by atoms with Gasteiger partial charge in [0.25, 0.3) is 0 Å². The average Bonchev–Trinajstić information content (AvgIpc) is 2.60. The molecule has 0 aliphatic heterocycles. The Morgan fingerprint density at radius 2 is 1.92 bits per heavy atom. The summed E-state index contributed by atoms with van der Waals surface area (Å²) in [5.41, 5.74) is 1.11. The minimum atomic E-state index is -3.13. The van der Waals surface area contributed by atoms with Crippen LogP contribution in [0.15, 0.2) is 34.2 Å². The van der Waals surface area contributed by atoms with Gasteiger partial charge in [0.2, 0.25) is 0 Å². The van der Waals surface area contributed by atoms with Crippen molar-refractivity contribution in [3.05, 3.63) is 29.8 Å². The van der Waals surface area contributed by atoms with Crippen LogP contribution in [0.5, 0.6) is 0 Å². The normalized spacial score (nSPS) is 21.0. The lowest BCUT2D eigenvalue weighted by molar-refractivity contribution is 0.298. The van der Waals surface area contributed by atoms with Crippen LogP contribution in [0.3, 0.4) is 0 Å². The monoisotopic (exact) mass is 493 g/mol. The summed E-state index contributed by atoms with van der Waals surface area (Å²) in [5.74, 6) is 1.69. The van der Waals surface area contributed by atoms with Crippen LogP contribution in [0, 0.1) is 5.92 Å². The van der Waals surface area contributed by atoms with Gasteiger partial charge in [0.15, 0.2) is 15.8 Å². The van der Waals surface area contributed by atoms with E-state index in [-0.39, 0.29) is 24.0 Å². The van der Waals surface area contributed by atoms with Crippen LogP contribution in [0.4, 0.5) is 0 Å². The number of nitrogens with zero attached hydrogens (tertiary/aromatic N) is 1. The van der Waals surface area contributed by atoms with Crippen molar-refractivity contribution in [1.82, 2.24) is 10.6 Å². The number of benzene rings is 1. The molecule has 2 atom stereocenters. The number of halogens is 1. The summed E-state index contributed by atoms with van der Waals surface area (Å²) in [6, 6.07) is 7.61. The van der Waals surface area contributed by atoms with Crippen molar-refractivity contribution < 1.29 is 8.42 Å². The molecule has 0 radical (unpaired) electrons. The first-order chi connectivity index (χ1) is 11.9. The summed E-state index contributed by atoms with van der Waals surface area (Å²) < 4.78 is 23.0. The molecule has 2 rings (SSSR count). The lowest BCUT2D eigenvalue weighted by Gasteiger charge is -2.30. The highest BCUT2D eigenvalue weighted by Crippen LogP contribution is 2.26. The van der Waals surface area contributed by atoms with Crippen LogP contribution in [0.1, 0.15) is 44.6 Å². The van der Waals surface area contributed by atoms with Crippen molar-refractivity contribution in [1.29, 1.82) is 0 Å². The molecular formula is C19H32IN3O2S. The maximum Gasteiger partial charge on any atom is 0.191 e. The highest BCUT2D eigenvalue weighted by molar-refractivity contribution is 14.0. The average molecular weight is 493 g/mol. The minimum absolute atomic E-state index is 0. The zero-order valence-electron chi connectivity index (χ0n) is 16.0.